The molecule has 7 N–H and O–H groups in total. The molecule has 0 aromatic rings. The quantitative estimate of drug-likeness (QED) is 0.250. The highest BCUT2D eigenvalue weighted by atomic mass is 31.3. The van der Waals surface area contributed by atoms with Crippen LogP contribution in [0, 0.1) is 0 Å². The molecule has 1 unspecified atom stereocenters. The zero-order valence-electron chi connectivity index (χ0n) is 9.71. The first-order chi connectivity index (χ1) is 8.92. The zero-order valence-corrected chi connectivity index (χ0v) is 11.5. The Kier molecular flexibility index (Phi) is 5.48. The number of aliphatic hydroxyl groups excluding tert-OH is 4. The fourth-order valence-electron chi connectivity index (χ4n) is 1.48. The van der Waals surface area contributed by atoms with E-state index in [4.69, 9.17) is 19.8 Å². The summed E-state index contributed by atoms with van der Waals surface area (Å²) in [6, 6.07) is 0. The van der Waals surface area contributed by atoms with Crippen molar-refractivity contribution in [2.75, 3.05) is 13.2 Å². The second kappa shape index (κ2) is 6.05. The van der Waals surface area contributed by atoms with E-state index in [1.54, 1.807) is 0 Å². The third-order valence-corrected chi connectivity index (χ3v) is 4.58. The van der Waals surface area contributed by atoms with Gasteiger partial charge in [-0.15, -0.1) is 0 Å². The lowest BCUT2D eigenvalue weighted by Crippen LogP contribution is -2.63. The van der Waals surface area contributed by atoms with Gasteiger partial charge in [-0.05, 0) is 0 Å². The number of aliphatic hydroxyl groups is 4. The summed E-state index contributed by atoms with van der Waals surface area (Å²) < 4.78 is 34.2. The summed E-state index contributed by atoms with van der Waals surface area (Å²) in [4.78, 5) is 26.0. The van der Waals surface area contributed by atoms with Gasteiger partial charge in [-0.2, -0.15) is 4.31 Å². The Bertz CT molecular complexity index is 434. The molecule has 0 amide bonds. The number of ether oxygens (including phenoxy) is 1. The Hall–Kier alpha value is 0.0600. The molecule has 0 spiro atoms. The summed E-state index contributed by atoms with van der Waals surface area (Å²) in [5.74, 6) is -2.70. The van der Waals surface area contributed by atoms with E-state index < -0.39 is 53.0 Å². The first kappa shape index (κ1) is 18.1. The number of hydrogen-bond acceptors (Lipinski definition) is 9. The normalized spacial score (nSPS) is 38.5. The molecule has 0 radical (unpaired) electrons. The third kappa shape index (κ3) is 4.28. The fourth-order valence-corrected chi connectivity index (χ4v) is 3.29. The highest BCUT2D eigenvalue weighted by Crippen LogP contribution is 2.60. The molecule has 1 rings (SSSR count). The monoisotopic (exact) mass is 340 g/mol. The van der Waals surface area contributed by atoms with E-state index in [1.165, 1.54) is 0 Å². The molecule has 12 nitrogen and oxygen atoms in total. The lowest BCUT2D eigenvalue weighted by molar-refractivity contribution is -0.322. The molecule has 0 aromatic carbocycles. The first-order valence-corrected chi connectivity index (χ1v) is 8.04. The minimum absolute atomic E-state index is 0.686. The van der Waals surface area contributed by atoms with Crippen LogP contribution in [0.25, 0.3) is 0 Å². The average Bonchev–Trinajstić information content (AvgIpc) is 2.27. The first-order valence-electron chi connectivity index (χ1n) is 5.02. The molecule has 5 atom stereocenters. The van der Waals surface area contributed by atoms with Gasteiger partial charge in [0.25, 0.3) is 0 Å². The maximum atomic E-state index is 11.4. The molecule has 120 valence electrons. The van der Waals surface area contributed by atoms with Crippen LogP contribution in [-0.4, -0.2) is 72.4 Å². The Labute approximate surface area is 112 Å². The van der Waals surface area contributed by atoms with Crippen molar-refractivity contribution in [3.8, 4) is 0 Å². The molecule has 1 fully saturated rings. The second-order valence-electron chi connectivity index (χ2n) is 3.92. The Balaban J connectivity index is 2.96. The number of rotatable bonds is 5. The summed E-state index contributed by atoms with van der Waals surface area (Å²) in [6.07, 6.45) is -5.64. The van der Waals surface area contributed by atoms with Crippen LogP contribution in [0.2, 0.25) is 0 Å². The highest BCUT2D eigenvalue weighted by molar-refractivity contribution is 7.60. The standard InChI is InChI=1S/C6H14O12P2/c7-2-6(5(10)4(9)3(8)1-16-6)17-20(14,15)18-19(11,12)13/h3-5,7-10H,1-2H2,(H,14,15)(H2,11,12,13)/t3-,4+,5-,6+/m0/s1. The summed E-state index contributed by atoms with van der Waals surface area (Å²) >= 11 is 0. The van der Waals surface area contributed by atoms with Gasteiger partial charge in [0, 0.05) is 0 Å². The van der Waals surface area contributed by atoms with Crippen molar-refractivity contribution in [1.82, 2.24) is 0 Å². The lowest BCUT2D eigenvalue weighted by atomic mass is 9.98. The summed E-state index contributed by atoms with van der Waals surface area (Å²) in [5, 5.41) is 37.3. The van der Waals surface area contributed by atoms with E-state index in [0.717, 1.165) is 0 Å². The smallest absolute Gasteiger partial charge is 0.391 e. The van der Waals surface area contributed by atoms with E-state index in [0.29, 0.717) is 0 Å². The van der Waals surface area contributed by atoms with Crippen LogP contribution in [-0.2, 0) is 22.7 Å². The zero-order chi connectivity index (χ0) is 15.8. The van der Waals surface area contributed by atoms with Gasteiger partial charge in [-0.1, -0.05) is 0 Å². The van der Waals surface area contributed by atoms with Gasteiger partial charge in [0.05, 0.1) is 6.61 Å². The molecular weight excluding hydrogens is 326 g/mol. The van der Waals surface area contributed by atoms with Gasteiger partial charge in [-0.3, -0.25) is 0 Å². The van der Waals surface area contributed by atoms with Gasteiger partial charge in [-0.25, -0.2) is 13.7 Å². The van der Waals surface area contributed by atoms with Gasteiger partial charge in [0.2, 0.25) is 5.79 Å². The predicted octanol–water partition coefficient (Wildman–Crippen LogP) is -2.99. The van der Waals surface area contributed by atoms with Crippen LogP contribution in [0.3, 0.4) is 0 Å². The van der Waals surface area contributed by atoms with Crippen molar-refractivity contribution >= 4 is 15.6 Å². The molecule has 1 aliphatic heterocycles. The van der Waals surface area contributed by atoms with Crippen LogP contribution in [0.4, 0.5) is 0 Å². The predicted molar refractivity (Wildman–Crippen MR) is 57.8 cm³/mol. The van der Waals surface area contributed by atoms with Crippen LogP contribution in [0.1, 0.15) is 0 Å². The topological polar surface area (TPSA) is 203 Å². The third-order valence-electron chi connectivity index (χ3n) is 2.37. The van der Waals surface area contributed by atoms with Crippen LogP contribution < -0.4 is 0 Å². The van der Waals surface area contributed by atoms with Gasteiger partial charge in [0.15, 0.2) is 0 Å². The Morgan fingerprint density at radius 3 is 2.20 bits per heavy atom. The molecule has 0 saturated carbocycles. The molecule has 1 saturated heterocycles. The molecule has 14 heteroatoms. The fraction of sp³-hybridized carbons (Fsp3) is 1.00. The molecule has 0 aromatic heterocycles. The highest BCUT2D eigenvalue weighted by Gasteiger charge is 2.55. The van der Waals surface area contributed by atoms with E-state index >= 15 is 0 Å². The number of phosphoric ester groups is 1. The molecule has 0 bridgehead atoms. The molecular formula is C6H14O12P2. The number of hydrogen-bond donors (Lipinski definition) is 7. The van der Waals surface area contributed by atoms with Crippen LogP contribution in [0.15, 0.2) is 0 Å². The number of phosphoric acid groups is 2. The molecule has 0 aliphatic carbocycles. The van der Waals surface area contributed by atoms with Crippen molar-refractivity contribution in [2.45, 2.75) is 24.1 Å². The van der Waals surface area contributed by atoms with Crippen molar-refractivity contribution in [3.63, 3.8) is 0 Å². The van der Waals surface area contributed by atoms with Crippen LogP contribution >= 0.6 is 15.6 Å². The van der Waals surface area contributed by atoms with E-state index in [9.17, 15) is 24.4 Å². The van der Waals surface area contributed by atoms with E-state index in [-0.39, 0.29) is 0 Å². The van der Waals surface area contributed by atoms with Crippen molar-refractivity contribution in [1.29, 1.82) is 0 Å². The lowest BCUT2D eigenvalue weighted by Gasteiger charge is -2.43. The molecule has 1 aliphatic rings. The van der Waals surface area contributed by atoms with E-state index in [1.807, 2.05) is 0 Å². The Morgan fingerprint density at radius 1 is 1.20 bits per heavy atom. The largest absolute Gasteiger partial charge is 0.483 e. The maximum absolute atomic E-state index is 11.4. The van der Waals surface area contributed by atoms with E-state index in [2.05, 4.69) is 13.6 Å². The van der Waals surface area contributed by atoms with Crippen LogP contribution in [0.5, 0.6) is 0 Å². The van der Waals surface area contributed by atoms with Gasteiger partial charge >= 0.3 is 15.6 Å². The second-order valence-corrected chi connectivity index (χ2v) is 6.67. The minimum Gasteiger partial charge on any atom is -0.391 e. The maximum Gasteiger partial charge on any atom is 0.483 e. The average molecular weight is 340 g/mol. The molecule has 20 heavy (non-hydrogen) atoms. The summed E-state index contributed by atoms with van der Waals surface area (Å²) in [7, 11) is -10.9. The summed E-state index contributed by atoms with van der Waals surface area (Å²) in [5.41, 5.74) is 0. The summed E-state index contributed by atoms with van der Waals surface area (Å²) in [6.45, 7) is -1.96. The van der Waals surface area contributed by atoms with Gasteiger partial charge < -0.3 is 39.8 Å². The van der Waals surface area contributed by atoms with Crippen molar-refractivity contribution in [3.05, 3.63) is 0 Å². The Morgan fingerprint density at radius 2 is 1.75 bits per heavy atom. The minimum atomic E-state index is -5.45. The van der Waals surface area contributed by atoms with Gasteiger partial charge in [0.1, 0.15) is 24.9 Å². The SMILES string of the molecule is O=P(O)(O)OP(=O)(O)O[C@@]1(CO)OC[C@H](O)[C@@H](O)[C@@H]1O. The van der Waals surface area contributed by atoms with Crippen molar-refractivity contribution < 1.29 is 57.8 Å². The van der Waals surface area contributed by atoms with Crippen molar-refractivity contribution in [2.24, 2.45) is 0 Å². The molecule has 1 heterocycles.